The van der Waals surface area contributed by atoms with Crippen LogP contribution in [0.25, 0.3) is 16.3 Å². The van der Waals surface area contributed by atoms with Gasteiger partial charge in [0.25, 0.3) is 0 Å². The lowest BCUT2D eigenvalue weighted by Crippen LogP contribution is -1.94. The zero-order valence-electron chi connectivity index (χ0n) is 13.8. The van der Waals surface area contributed by atoms with Gasteiger partial charge in [-0.25, -0.2) is 9.97 Å². The van der Waals surface area contributed by atoms with E-state index in [1.807, 2.05) is 36.4 Å². The average Bonchev–Trinajstić information content (AvgIpc) is 2.90. The molecule has 5 nitrogen and oxygen atoms in total. The molecule has 0 spiro atoms. The van der Waals surface area contributed by atoms with Gasteiger partial charge < -0.3 is 4.74 Å². The van der Waals surface area contributed by atoms with Gasteiger partial charge in [0.05, 0.1) is 12.5 Å². The van der Waals surface area contributed by atoms with E-state index in [-0.39, 0.29) is 0 Å². The van der Waals surface area contributed by atoms with Crippen LogP contribution < -0.4 is 10.2 Å². The van der Waals surface area contributed by atoms with Crippen molar-refractivity contribution in [1.29, 1.82) is 0 Å². The Labute approximate surface area is 144 Å². The number of fused-ring (bicyclic) bond motifs is 1. The molecule has 0 amide bonds. The molecule has 0 radical (unpaired) electrons. The molecule has 0 saturated carbocycles. The van der Waals surface area contributed by atoms with Crippen molar-refractivity contribution in [1.82, 2.24) is 9.97 Å². The third-order valence-corrected chi connectivity index (χ3v) is 4.83. The van der Waals surface area contributed by atoms with Crippen molar-refractivity contribution in [3.63, 3.8) is 0 Å². The van der Waals surface area contributed by atoms with Crippen molar-refractivity contribution in [3.05, 3.63) is 52.7 Å². The molecule has 0 aliphatic carbocycles. The van der Waals surface area contributed by atoms with Crippen LogP contribution in [0.1, 0.15) is 16.0 Å². The number of aryl methyl sites for hydroxylation is 2. The highest BCUT2D eigenvalue weighted by molar-refractivity contribution is 7.18. The smallest absolute Gasteiger partial charge is 0.158 e. The number of aromatic nitrogens is 2. The number of rotatable bonds is 5. The van der Waals surface area contributed by atoms with Gasteiger partial charge in [0.15, 0.2) is 5.82 Å². The van der Waals surface area contributed by atoms with E-state index >= 15 is 0 Å². The van der Waals surface area contributed by atoms with Crippen LogP contribution in [-0.4, -0.2) is 23.3 Å². The first kappa shape index (κ1) is 16.1. The lowest BCUT2D eigenvalue weighted by atomic mass is 10.2. The Kier molecular flexibility index (Phi) is 4.86. The maximum atomic E-state index is 5.31. The van der Waals surface area contributed by atoms with Gasteiger partial charge in [0, 0.05) is 16.7 Å². The fourth-order valence-electron chi connectivity index (χ4n) is 2.36. The summed E-state index contributed by atoms with van der Waals surface area (Å²) >= 11 is 1.67. The summed E-state index contributed by atoms with van der Waals surface area (Å²) in [6.45, 7) is 4.17. The zero-order valence-corrected chi connectivity index (χ0v) is 14.6. The number of methoxy groups -OCH3 is 1. The predicted octanol–water partition coefficient (Wildman–Crippen LogP) is 4.43. The first-order valence-corrected chi connectivity index (χ1v) is 8.32. The maximum absolute atomic E-state index is 5.31. The highest BCUT2D eigenvalue weighted by Crippen LogP contribution is 2.32. The SMILES string of the molecule is COc1ccccc1/C=C/C=N\Nc1ncnc2sc(C)c(C)c12. The van der Waals surface area contributed by atoms with Gasteiger partial charge in [-0.3, -0.25) is 5.43 Å². The molecule has 0 aliphatic heterocycles. The number of para-hydroxylation sites is 1. The standard InChI is InChI=1S/C18H18N4OS/c1-12-13(2)24-18-16(12)17(19-11-20-18)22-21-10-6-8-14-7-4-5-9-15(14)23-3/h4-11H,1-3H3,(H,19,20,22)/b8-6+,21-10-. The normalized spacial score (nSPS) is 11.6. The molecule has 0 unspecified atom stereocenters. The maximum Gasteiger partial charge on any atom is 0.158 e. The van der Waals surface area contributed by atoms with Crippen LogP contribution >= 0.6 is 11.3 Å². The number of allylic oxidation sites excluding steroid dienone is 1. The summed E-state index contributed by atoms with van der Waals surface area (Å²) in [5.74, 6) is 1.56. The minimum atomic E-state index is 0.726. The molecule has 3 aromatic rings. The van der Waals surface area contributed by atoms with Crippen LogP contribution in [0, 0.1) is 13.8 Å². The van der Waals surface area contributed by atoms with E-state index < -0.39 is 0 Å². The second-order valence-corrected chi connectivity index (χ2v) is 6.38. The van der Waals surface area contributed by atoms with Gasteiger partial charge in [0.1, 0.15) is 16.9 Å². The molecule has 0 fully saturated rings. The number of benzene rings is 1. The van der Waals surface area contributed by atoms with E-state index in [1.165, 1.54) is 10.4 Å². The van der Waals surface area contributed by atoms with Gasteiger partial charge in [-0.05, 0) is 37.6 Å². The van der Waals surface area contributed by atoms with Crippen LogP contribution in [0.15, 0.2) is 41.8 Å². The minimum Gasteiger partial charge on any atom is -0.496 e. The Morgan fingerprint density at radius 2 is 2.04 bits per heavy atom. The molecule has 122 valence electrons. The number of hydrogen-bond acceptors (Lipinski definition) is 6. The summed E-state index contributed by atoms with van der Waals surface area (Å²) in [6.07, 6.45) is 7.05. The fraction of sp³-hybridized carbons (Fsp3) is 0.167. The highest BCUT2D eigenvalue weighted by Gasteiger charge is 2.10. The zero-order chi connectivity index (χ0) is 16.9. The van der Waals surface area contributed by atoms with E-state index in [4.69, 9.17) is 4.74 Å². The largest absolute Gasteiger partial charge is 0.496 e. The lowest BCUT2D eigenvalue weighted by Gasteiger charge is -2.02. The molecule has 3 rings (SSSR count). The van der Waals surface area contributed by atoms with E-state index in [0.717, 1.165) is 27.3 Å². The molecular weight excluding hydrogens is 320 g/mol. The monoisotopic (exact) mass is 338 g/mol. The van der Waals surface area contributed by atoms with Crippen LogP contribution in [0.3, 0.4) is 0 Å². The van der Waals surface area contributed by atoms with Gasteiger partial charge in [0.2, 0.25) is 0 Å². The first-order chi connectivity index (χ1) is 11.7. The quantitative estimate of drug-likeness (QED) is 0.552. The number of nitrogens with zero attached hydrogens (tertiary/aromatic N) is 3. The van der Waals surface area contributed by atoms with Crippen molar-refractivity contribution >= 4 is 39.7 Å². The lowest BCUT2D eigenvalue weighted by molar-refractivity contribution is 0.414. The fourth-order valence-corrected chi connectivity index (χ4v) is 3.36. The summed E-state index contributed by atoms with van der Waals surface area (Å²) < 4.78 is 5.31. The van der Waals surface area contributed by atoms with Crippen molar-refractivity contribution in [3.8, 4) is 5.75 Å². The Hall–Kier alpha value is -2.73. The molecule has 2 heterocycles. The molecule has 2 aromatic heterocycles. The van der Waals surface area contributed by atoms with Gasteiger partial charge in [-0.1, -0.05) is 18.2 Å². The molecule has 24 heavy (non-hydrogen) atoms. The second-order valence-electron chi connectivity index (χ2n) is 5.18. The number of hydrazone groups is 1. The van der Waals surface area contributed by atoms with Crippen LogP contribution in [-0.2, 0) is 0 Å². The average molecular weight is 338 g/mol. The van der Waals surface area contributed by atoms with Crippen molar-refractivity contribution < 1.29 is 4.74 Å². The third kappa shape index (κ3) is 3.28. The predicted molar refractivity (Wildman–Crippen MR) is 101 cm³/mol. The molecule has 0 saturated heterocycles. The molecule has 1 N–H and O–H groups in total. The Balaban J connectivity index is 1.74. The highest BCUT2D eigenvalue weighted by atomic mass is 32.1. The number of thiophene rings is 1. The first-order valence-electron chi connectivity index (χ1n) is 7.50. The van der Waals surface area contributed by atoms with E-state index in [2.05, 4.69) is 34.3 Å². The summed E-state index contributed by atoms with van der Waals surface area (Å²) in [5.41, 5.74) is 5.19. The van der Waals surface area contributed by atoms with Crippen molar-refractivity contribution in [2.45, 2.75) is 13.8 Å². The molecule has 1 aromatic carbocycles. The molecule has 0 aliphatic rings. The van der Waals surface area contributed by atoms with Crippen LogP contribution in [0.2, 0.25) is 0 Å². The second kappa shape index (κ2) is 7.23. The topological polar surface area (TPSA) is 59.4 Å². The summed E-state index contributed by atoms with van der Waals surface area (Å²) in [5, 5.41) is 5.26. The van der Waals surface area contributed by atoms with Gasteiger partial charge >= 0.3 is 0 Å². The number of ether oxygens (including phenoxy) is 1. The Morgan fingerprint density at radius 3 is 2.88 bits per heavy atom. The minimum absolute atomic E-state index is 0.726. The van der Waals surface area contributed by atoms with Gasteiger partial charge in [-0.2, -0.15) is 5.10 Å². The number of hydrogen-bond donors (Lipinski definition) is 1. The molecule has 6 heteroatoms. The molecule has 0 atom stereocenters. The van der Waals surface area contributed by atoms with Crippen LogP contribution in [0.4, 0.5) is 5.82 Å². The van der Waals surface area contributed by atoms with E-state index in [1.54, 1.807) is 31.0 Å². The Bertz CT molecular complexity index is 915. The van der Waals surface area contributed by atoms with Crippen molar-refractivity contribution in [2.24, 2.45) is 5.10 Å². The number of anilines is 1. The molecular formula is C18H18N4OS. The third-order valence-electron chi connectivity index (χ3n) is 3.71. The van der Waals surface area contributed by atoms with E-state index in [0.29, 0.717) is 0 Å². The summed E-state index contributed by atoms with van der Waals surface area (Å²) in [7, 11) is 1.66. The van der Waals surface area contributed by atoms with Crippen LogP contribution in [0.5, 0.6) is 5.75 Å². The summed E-state index contributed by atoms with van der Waals surface area (Å²) in [6, 6.07) is 7.82. The Morgan fingerprint density at radius 1 is 1.21 bits per heavy atom. The van der Waals surface area contributed by atoms with E-state index in [9.17, 15) is 0 Å². The van der Waals surface area contributed by atoms with Gasteiger partial charge in [-0.15, -0.1) is 11.3 Å². The summed E-state index contributed by atoms with van der Waals surface area (Å²) in [4.78, 5) is 10.8. The number of nitrogens with one attached hydrogen (secondary N) is 1. The van der Waals surface area contributed by atoms with Crippen molar-refractivity contribution in [2.75, 3.05) is 12.5 Å². The molecule has 0 bridgehead atoms.